The maximum Gasteiger partial charge on any atom is 0.573 e. The second-order valence-corrected chi connectivity index (χ2v) is 11.4. The first-order valence-corrected chi connectivity index (χ1v) is 14.0. The van der Waals surface area contributed by atoms with E-state index in [4.69, 9.17) is 11.6 Å². The van der Waals surface area contributed by atoms with Crippen LogP contribution in [0.2, 0.25) is 5.02 Å². The highest BCUT2D eigenvalue weighted by atomic mass is 35.5. The predicted molar refractivity (Wildman–Crippen MR) is 144 cm³/mol. The third-order valence-corrected chi connectivity index (χ3v) is 7.89. The summed E-state index contributed by atoms with van der Waals surface area (Å²) >= 11 is 5.98. The lowest BCUT2D eigenvalue weighted by Crippen LogP contribution is -2.43. The van der Waals surface area contributed by atoms with Gasteiger partial charge in [0.15, 0.2) is 0 Å². The minimum atomic E-state index is -5.03. The van der Waals surface area contributed by atoms with Crippen LogP contribution in [0.1, 0.15) is 16.7 Å². The fraction of sp³-hybridized carbons (Fsp3) is 0.172. The molecule has 0 radical (unpaired) electrons. The lowest BCUT2D eigenvalue weighted by atomic mass is 9.70. The molecule has 4 aromatic rings. The standard InChI is InChI=1S/C29H22ClF6NO4S/c30-23-11-6-14-26(17-23)42(38,39)37-19-27(18-20-7-2-1-3-8-20,21-9-4-12-24(15-21)40-28(31,32)33)22-10-5-13-25(16-22)41-29(34,35)36/h1-17,37H,18-19H2. The number of alkyl halides is 6. The Kier molecular flexibility index (Phi) is 9.09. The summed E-state index contributed by atoms with van der Waals surface area (Å²) in [6.45, 7) is -0.484. The molecule has 4 rings (SSSR count). The van der Waals surface area contributed by atoms with Crippen LogP contribution in [-0.2, 0) is 21.9 Å². The molecular formula is C29H22ClF6NO4S. The van der Waals surface area contributed by atoms with Crippen molar-refractivity contribution in [1.82, 2.24) is 4.72 Å². The number of ether oxygens (including phenoxy) is 2. The van der Waals surface area contributed by atoms with Gasteiger partial charge in [-0.1, -0.05) is 72.3 Å². The Morgan fingerprint density at radius 2 is 1.19 bits per heavy atom. The van der Waals surface area contributed by atoms with Crippen molar-refractivity contribution in [3.05, 3.63) is 125 Å². The van der Waals surface area contributed by atoms with Gasteiger partial charge in [-0.3, -0.25) is 0 Å². The minimum Gasteiger partial charge on any atom is -0.406 e. The monoisotopic (exact) mass is 629 g/mol. The van der Waals surface area contributed by atoms with Gasteiger partial charge in [0, 0.05) is 17.0 Å². The molecule has 0 unspecified atom stereocenters. The van der Waals surface area contributed by atoms with E-state index in [1.165, 1.54) is 48.5 Å². The zero-order valence-electron chi connectivity index (χ0n) is 21.4. The smallest absolute Gasteiger partial charge is 0.406 e. The van der Waals surface area contributed by atoms with Crippen molar-refractivity contribution in [3.8, 4) is 11.5 Å². The zero-order chi connectivity index (χ0) is 30.6. The van der Waals surface area contributed by atoms with Gasteiger partial charge in [0.1, 0.15) is 11.5 Å². The molecule has 42 heavy (non-hydrogen) atoms. The van der Waals surface area contributed by atoms with E-state index in [9.17, 15) is 34.8 Å². The highest BCUT2D eigenvalue weighted by Crippen LogP contribution is 2.40. The van der Waals surface area contributed by atoms with Crippen molar-refractivity contribution in [2.24, 2.45) is 0 Å². The summed E-state index contributed by atoms with van der Waals surface area (Å²) in [5, 5.41) is 0.141. The van der Waals surface area contributed by atoms with Crippen molar-refractivity contribution in [2.75, 3.05) is 6.54 Å². The number of nitrogens with one attached hydrogen (secondary N) is 1. The first-order chi connectivity index (χ1) is 19.7. The summed E-state index contributed by atoms with van der Waals surface area (Å²) in [5.74, 6) is -1.20. The number of hydrogen-bond donors (Lipinski definition) is 1. The summed E-state index contributed by atoms with van der Waals surface area (Å²) in [4.78, 5) is -0.188. The van der Waals surface area contributed by atoms with Gasteiger partial charge < -0.3 is 9.47 Å². The van der Waals surface area contributed by atoms with E-state index in [0.717, 1.165) is 24.3 Å². The Balaban J connectivity index is 1.92. The molecule has 0 spiro atoms. The second kappa shape index (κ2) is 12.2. The van der Waals surface area contributed by atoms with Crippen LogP contribution in [0.4, 0.5) is 26.3 Å². The van der Waals surface area contributed by atoms with Crippen LogP contribution in [0.5, 0.6) is 11.5 Å². The number of rotatable bonds is 10. The molecule has 0 saturated heterocycles. The average molecular weight is 630 g/mol. The van der Waals surface area contributed by atoms with Gasteiger partial charge in [-0.25, -0.2) is 13.1 Å². The second-order valence-electron chi connectivity index (χ2n) is 9.18. The normalized spacial score (nSPS) is 12.6. The van der Waals surface area contributed by atoms with Gasteiger partial charge >= 0.3 is 12.7 Å². The lowest BCUT2D eigenvalue weighted by molar-refractivity contribution is -0.275. The predicted octanol–water partition coefficient (Wildman–Crippen LogP) is 7.64. The maximum atomic E-state index is 13.3. The molecule has 0 atom stereocenters. The van der Waals surface area contributed by atoms with Gasteiger partial charge in [0.05, 0.1) is 4.90 Å². The lowest BCUT2D eigenvalue weighted by Gasteiger charge is -2.36. The minimum absolute atomic E-state index is 0.0448. The first kappa shape index (κ1) is 31.2. The topological polar surface area (TPSA) is 64.6 Å². The third kappa shape index (κ3) is 8.17. The zero-order valence-corrected chi connectivity index (χ0v) is 23.0. The number of sulfonamides is 1. The van der Waals surface area contributed by atoms with Crippen LogP contribution in [0.3, 0.4) is 0 Å². The van der Waals surface area contributed by atoms with Crippen molar-refractivity contribution in [1.29, 1.82) is 0 Å². The molecule has 0 amide bonds. The van der Waals surface area contributed by atoms with E-state index in [2.05, 4.69) is 14.2 Å². The Hall–Kier alpha value is -3.74. The van der Waals surface area contributed by atoms with Gasteiger partial charge in [-0.2, -0.15) is 0 Å². The summed E-state index contributed by atoms with van der Waals surface area (Å²) < 4.78 is 116. The Bertz CT molecular complexity index is 1570. The molecule has 0 aromatic heterocycles. The summed E-state index contributed by atoms with van der Waals surface area (Å²) in [6.07, 6.45) is -10.1. The van der Waals surface area contributed by atoms with Gasteiger partial charge in [-0.05, 0) is 65.6 Å². The van der Waals surface area contributed by atoms with Crippen LogP contribution in [-0.4, -0.2) is 27.7 Å². The SMILES string of the molecule is O=S(=O)(NCC(Cc1ccccc1)(c1cccc(OC(F)(F)F)c1)c1cccc(OC(F)(F)F)c1)c1cccc(Cl)c1. The Morgan fingerprint density at radius 1 is 0.667 bits per heavy atom. The van der Waals surface area contributed by atoms with Gasteiger partial charge in [0.2, 0.25) is 10.0 Å². The van der Waals surface area contributed by atoms with E-state index in [-0.39, 0.29) is 27.5 Å². The van der Waals surface area contributed by atoms with Gasteiger partial charge in [-0.15, -0.1) is 26.3 Å². The molecule has 0 aliphatic heterocycles. The Morgan fingerprint density at radius 3 is 1.69 bits per heavy atom. The molecule has 5 nitrogen and oxygen atoms in total. The Labute approximate surface area is 242 Å². The molecule has 0 bridgehead atoms. The molecule has 1 N–H and O–H groups in total. The van der Waals surface area contributed by atoms with Crippen molar-refractivity contribution >= 4 is 21.6 Å². The fourth-order valence-corrected chi connectivity index (χ4v) is 5.90. The fourth-order valence-electron chi connectivity index (χ4n) is 4.50. The van der Waals surface area contributed by atoms with Crippen LogP contribution in [0, 0.1) is 0 Å². The average Bonchev–Trinajstić information content (AvgIpc) is 2.90. The van der Waals surface area contributed by atoms with E-state index in [1.54, 1.807) is 30.3 Å². The number of hydrogen-bond acceptors (Lipinski definition) is 4. The molecule has 0 heterocycles. The maximum absolute atomic E-state index is 13.3. The third-order valence-electron chi connectivity index (χ3n) is 6.26. The molecule has 0 fully saturated rings. The van der Waals surface area contributed by atoms with Crippen LogP contribution < -0.4 is 14.2 Å². The molecule has 13 heteroatoms. The molecular weight excluding hydrogens is 608 g/mol. The summed E-state index contributed by atoms with van der Waals surface area (Å²) in [6, 6.07) is 23.6. The van der Waals surface area contributed by atoms with Crippen LogP contribution in [0.15, 0.2) is 108 Å². The molecule has 222 valence electrons. The van der Waals surface area contributed by atoms with E-state index >= 15 is 0 Å². The van der Waals surface area contributed by atoms with Crippen LogP contribution in [0.25, 0.3) is 0 Å². The largest absolute Gasteiger partial charge is 0.573 e. The number of halogens is 7. The molecule has 0 saturated carbocycles. The highest BCUT2D eigenvalue weighted by molar-refractivity contribution is 7.89. The number of benzene rings is 4. The van der Waals surface area contributed by atoms with Gasteiger partial charge in [0.25, 0.3) is 0 Å². The molecule has 0 aliphatic rings. The molecule has 4 aromatic carbocycles. The summed E-state index contributed by atoms with van der Waals surface area (Å²) in [5.41, 5.74) is -0.691. The van der Waals surface area contributed by atoms with Crippen molar-refractivity contribution in [2.45, 2.75) is 29.5 Å². The molecule has 0 aliphatic carbocycles. The van der Waals surface area contributed by atoms with Crippen molar-refractivity contribution in [3.63, 3.8) is 0 Å². The van der Waals surface area contributed by atoms with Crippen LogP contribution >= 0.6 is 11.6 Å². The van der Waals surface area contributed by atoms with E-state index in [0.29, 0.717) is 5.56 Å². The summed E-state index contributed by atoms with van der Waals surface area (Å²) in [7, 11) is -4.26. The van der Waals surface area contributed by atoms with Crippen molar-refractivity contribution < 1.29 is 44.2 Å². The highest BCUT2D eigenvalue weighted by Gasteiger charge is 2.39. The quantitative estimate of drug-likeness (QED) is 0.183. The van der Waals surface area contributed by atoms with E-state index in [1.807, 2.05) is 0 Å². The first-order valence-electron chi connectivity index (χ1n) is 12.2. The van der Waals surface area contributed by atoms with E-state index < -0.39 is 46.2 Å².